The number of rotatable bonds is 1. The first-order valence-electron chi connectivity index (χ1n) is 3.14. The summed E-state index contributed by atoms with van der Waals surface area (Å²) < 4.78 is 39.1. The van der Waals surface area contributed by atoms with Crippen molar-refractivity contribution < 1.29 is 11.7 Å². The first kappa shape index (κ1) is 9.74. The molecule has 0 aromatic heterocycles. The highest BCUT2D eigenvalue weighted by molar-refractivity contribution is 8.68. The molecule has 0 spiro atoms. The van der Waals surface area contributed by atoms with Crippen molar-refractivity contribution >= 4 is 19.3 Å². The maximum absolute atomic E-state index is 13.0. The molecule has 0 aliphatic carbocycles. The molecular weight excluding hydrogens is 209 g/mol. The van der Waals surface area contributed by atoms with Crippen molar-refractivity contribution in [2.45, 2.75) is 4.90 Å². The van der Waals surface area contributed by atoms with Crippen LogP contribution in [0.1, 0.15) is 0 Å². The molecule has 0 atom stereocenters. The van der Waals surface area contributed by atoms with Crippen molar-refractivity contribution in [1.82, 2.24) is 0 Å². The minimum Gasteiger partial charge on any atom is -0.135 e. The van der Waals surface area contributed by atoms with E-state index in [1.165, 1.54) is 18.2 Å². The van der Waals surface area contributed by atoms with Crippen LogP contribution in [0.5, 0.6) is 0 Å². The molecule has 0 aliphatic rings. The molecule has 0 bridgehead atoms. The Morgan fingerprint density at radius 2 is 1.50 bits per heavy atom. The Morgan fingerprint density at radius 3 is 1.75 bits per heavy atom. The highest BCUT2D eigenvalue weighted by Crippen LogP contribution is 3.00. The van der Waals surface area contributed by atoms with E-state index in [1.807, 2.05) is 0 Å². The lowest BCUT2D eigenvalue weighted by atomic mass is 10.4. The molecular formula is C7H8ClF3S. The van der Waals surface area contributed by atoms with Gasteiger partial charge in [-0.05, 0) is 12.1 Å². The van der Waals surface area contributed by atoms with E-state index in [1.54, 1.807) is 0 Å². The predicted octanol–water partition coefficient (Wildman–Crippen LogP) is 4.36. The Labute approximate surface area is 73.0 Å². The summed E-state index contributed by atoms with van der Waals surface area (Å²) >= 11 is 0. The van der Waals surface area contributed by atoms with E-state index in [4.69, 9.17) is 0 Å². The van der Waals surface area contributed by atoms with Gasteiger partial charge in [-0.3, -0.25) is 0 Å². The van der Waals surface area contributed by atoms with Gasteiger partial charge in [0, 0.05) is 16.9 Å². The van der Waals surface area contributed by atoms with Gasteiger partial charge in [0.1, 0.15) is 8.67 Å². The molecule has 0 aliphatic heterocycles. The third-order valence-electron chi connectivity index (χ3n) is 1.34. The Kier molecular flexibility index (Phi) is 1.57. The Bertz CT molecular complexity index is 288. The van der Waals surface area contributed by atoms with Gasteiger partial charge in [0.2, 0.25) is 0 Å². The zero-order valence-electron chi connectivity index (χ0n) is 6.31. The lowest BCUT2D eigenvalue weighted by Gasteiger charge is -2.47. The van der Waals surface area contributed by atoms with Crippen molar-refractivity contribution in [3.8, 4) is 0 Å². The van der Waals surface area contributed by atoms with Crippen LogP contribution in [0.25, 0.3) is 0 Å². The Hall–Kier alpha value is -0.350. The zero-order valence-corrected chi connectivity index (χ0v) is 7.88. The van der Waals surface area contributed by atoms with Crippen molar-refractivity contribution in [1.29, 1.82) is 0 Å². The van der Waals surface area contributed by atoms with Crippen molar-refractivity contribution in [2.24, 2.45) is 0 Å². The summed E-state index contributed by atoms with van der Waals surface area (Å²) in [4.78, 5) is -0.751. The van der Waals surface area contributed by atoms with Crippen LogP contribution in [-0.4, -0.2) is 6.26 Å². The molecule has 70 valence electrons. The number of hydrogen-bond donors (Lipinski definition) is 0. The molecule has 1 aromatic rings. The van der Waals surface area contributed by atoms with Crippen LogP contribution in [-0.2, 0) is 0 Å². The van der Waals surface area contributed by atoms with Crippen molar-refractivity contribution in [2.75, 3.05) is 6.26 Å². The van der Waals surface area contributed by atoms with Gasteiger partial charge in [0.05, 0.1) is 4.90 Å². The van der Waals surface area contributed by atoms with Gasteiger partial charge in [-0.2, -0.15) is 0 Å². The minimum absolute atomic E-state index is 0.150. The van der Waals surface area contributed by atoms with Crippen LogP contribution in [0.15, 0.2) is 35.2 Å². The summed E-state index contributed by atoms with van der Waals surface area (Å²) in [7, 11) is -2.27. The van der Waals surface area contributed by atoms with Gasteiger partial charge in [-0.1, -0.05) is 18.2 Å². The predicted molar refractivity (Wildman–Crippen MR) is 47.4 cm³/mol. The molecule has 0 nitrogen and oxygen atoms in total. The summed E-state index contributed by atoms with van der Waals surface area (Å²) in [5.74, 6) is 0. The minimum atomic E-state index is -6.95. The Balaban J connectivity index is 3.36. The van der Waals surface area contributed by atoms with Gasteiger partial charge < -0.3 is 0 Å². The average Bonchev–Trinajstić information content (AvgIpc) is 1.85. The number of halogens is 4. The molecule has 0 fully saturated rings. The highest BCUT2D eigenvalue weighted by Gasteiger charge is 2.56. The largest absolute Gasteiger partial charge is 0.135 e. The average molecular weight is 217 g/mol. The Morgan fingerprint density at radius 1 is 1.08 bits per heavy atom. The summed E-state index contributed by atoms with van der Waals surface area (Å²) in [5.41, 5.74) is 0. The third-order valence-corrected chi connectivity index (χ3v) is 3.33. The fraction of sp³-hybridized carbons (Fsp3) is 0.143. The smallest absolute Gasteiger partial charge is 0.133 e. The van der Waals surface area contributed by atoms with Gasteiger partial charge in [0.15, 0.2) is 0 Å². The SMILES string of the molecule is CS(F)(F)(F)(Cl)c1ccccc1. The highest BCUT2D eigenvalue weighted by atomic mass is 35.7. The molecule has 0 saturated heterocycles. The second-order valence-electron chi connectivity index (χ2n) is 2.79. The zero-order chi connectivity index (χ0) is 9.52. The second kappa shape index (κ2) is 1.93. The van der Waals surface area contributed by atoms with Gasteiger partial charge >= 0.3 is 0 Å². The standard InChI is InChI=1S/C7H8ClF3S/c1-12(8,9,10,11)7-5-3-2-4-6-7/h2-6H,1H3. The molecule has 1 aromatic carbocycles. The molecule has 0 amide bonds. The summed E-state index contributed by atoms with van der Waals surface area (Å²) in [5, 5.41) is 0. The fourth-order valence-corrected chi connectivity index (χ4v) is 1.91. The normalized spacial score (nSPS) is 18.1. The number of benzene rings is 1. The van der Waals surface area contributed by atoms with Gasteiger partial charge in [-0.15, -0.1) is 11.7 Å². The monoisotopic (exact) mass is 216 g/mol. The van der Waals surface area contributed by atoms with E-state index in [2.05, 4.69) is 10.7 Å². The summed E-state index contributed by atoms with van der Waals surface area (Å²) in [6, 6.07) is 6.12. The van der Waals surface area contributed by atoms with Gasteiger partial charge in [-0.25, -0.2) is 0 Å². The van der Waals surface area contributed by atoms with E-state index >= 15 is 0 Å². The molecule has 0 unspecified atom stereocenters. The van der Waals surface area contributed by atoms with Crippen molar-refractivity contribution in [3.63, 3.8) is 0 Å². The maximum atomic E-state index is 13.0. The third kappa shape index (κ3) is 2.32. The summed E-state index contributed by atoms with van der Waals surface area (Å²) in [6.45, 7) is 0. The molecule has 12 heavy (non-hydrogen) atoms. The van der Waals surface area contributed by atoms with E-state index < -0.39 is 13.6 Å². The van der Waals surface area contributed by atoms with Crippen LogP contribution in [0.2, 0.25) is 0 Å². The molecule has 0 saturated carbocycles. The lowest BCUT2D eigenvalue weighted by molar-refractivity contribution is 0.586. The molecule has 0 N–H and O–H groups in total. The first-order chi connectivity index (χ1) is 5.09. The quantitative estimate of drug-likeness (QED) is 0.654. The maximum Gasteiger partial charge on any atom is 0.133 e. The lowest BCUT2D eigenvalue weighted by Crippen LogP contribution is -2.08. The molecule has 0 heterocycles. The molecule has 5 heteroatoms. The van der Waals surface area contributed by atoms with E-state index in [-0.39, 0.29) is 6.26 Å². The topological polar surface area (TPSA) is 0 Å². The fourth-order valence-electron chi connectivity index (χ4n) is 0.762. The molecule has 0 radical (unpaired) electrons. The van der Waals surface area contributed by atoms with E-state index in [0.29, 0.717) is 0 Å². The van der Waals surface area contributed by atoms with E-state index in [9.17, 15) is 11.7 Å². The summed E-state index contributed by atoms with van der Waals surface area (Å²) in [6.07, 6.45) is 0.150. The van der Waals surface area contributed by atoms with Crippen LogP contribution in [0.4, 0.5) is 11.7 Å². The second-order valence-corrected chi connectivity index (χ2v) is 8.66. The number of hydrogen-bond acceptors (Lipinski definition) is 0. The first-order valence-corrected chi connectivity index (χ1v) is 6.53. The van der Waals surface area contributed by atoms with Crippen LogP contribution in [0, 0.1) is 0 Å². The van der Waals surface area contributed by atoms with Crippen LogP contribution < -0.4 is 0 Å². The van der Waals surface area contributed by atoms with E-state index in [0.717, 1.165) is 12.1 Å². The van der Waals surface area contributed by atoms with Crippen LogP contribution >= 0.6 is 19.3 Å². The van der Waals surface area contributed by atoms with Crippen LogP contribution in [0.3, 0.4) is 0 Å². The molecule has 1 rings (SSSR count). The van der Waals surface area contributed by atoms with Gasteiger partial charge in [0.25, 0.3) is 0 Å². The van der Waals surface area contributed by atoms with Crippen molar-refractivity contribution in [3.05, 3.63) is 30.3 Å².